The van der Waals surface area contributed by atoms with Crippen molar-refractivity contribution in [3.8, 4) is 5.75 Å². The van der Waals surface area contributed by atoms with Gasteiger partial charge in [-0.2, -0.15) is 0 Å². The Bertz CT molecular complexity index is 578. The number of carbonyl (C=O) groups is 1. The summed E-state index contributed by atoms with van der Waals surface area (Å²) < 4.78 is 6.09. The maximum Gasteiger partial charge on any atom is 0.319 e. The Morgan fingerprint density at radius 2 is 2.04 bits per heavy atom. The molecule has 0 saturated heterocycles. The molecule has 1 saturated carbocycles. The van der Waals surface area contributed by atoms with Gasteiger partial charge in [0.05, 0.1) is 12.2 Å². The maximum absolute atomic E-state index is 12.2. The van der Waals surface area contributed by atoms with Gasteiger partial charge in [-0.3, -0.25) is 0 Å². The van der Waals surface area contributed by atoms with Crippen LogP contribution in [0.2, 0.25) is 0 Å². The summed E-state index contributed by atoms with van der Waals surface area (Å²) in [4.78, 5) is 12.2. The molecule has 3 N–H and O–H groups in total. The van der Waals surface area contributed by atoms with Gasteiger partial charge in [0, 0.05) is 17.8 Å². The van der Waals surface area contributed by atoms with Crippen LogP contribution in [0.25, 0.3) is 0 Å². The molecular weight excluding hydrogens is 316 g/mol. The number of rotatable bonds is 7. The molecule has 0 spiro atoms. The van der Waals surface area contributed by atoms with E-state index in [0.717, 1.165) is 29.8 Å². The van der Waals surface area contributed by atoms with Crippen molar-refractivity contribution < 1.29 is 14.6 Å². The molecule has 1 aliphatic rings. The molecule has 1 aliphatic carbocycles. The Kier molecular flexibility index (Phi) is 6.71. The number of carbonyl (C=O) groups excluding carboxylic acids is 1. The predicted octanol–water partition coefficient (Wildman–Crippen LogP) is 4.24. The number of ether oxygens (including phenoxy) is 1. The first kappa shape index (κ1) is 19.6. The average molecular weight is 348 g/mol. The van der Waals surface area contributed by atoms with E-state index in [9.17, 15) is 9.90 Å². The predicted molar refractivity (Wildman–Crippen MR) is 101 cm³/mol. The van der Waals surface area contributed by atoms with E-state index in [1.54, 1.807) is 6.92 Å². The Hall–Kier alpha value is -1.75. The van der Waals surface area contributed by atoms with Crippen LogP contribution < -0.4 is 15.4 Å². The number of aliphatic hydroxyl groups is 1. The number of hydrogen-bond acceptors (Lipinski definition) is 3. The van der Waals surface area contributed by atoms with E-state index >= 15 is 0 Å². The Labute approximate surface area is 151 Å². The fourth-order valence-electron chi connectivity index (χ4n) is 3.42. The molecule has 25 heavy (non-hydrogen) atoms. The van der Waals surface area contributed by atoms with Crippen LogP contribution in [0.1, 0.15) is 58.4 Å². The number of urea groups is 1. The lowest BCUT2D eigenvalue weighted by molar-refractivity contribution is 0.129. The molecule has 1 aromatic carbocycles. The molecule has 1 aromatic rings. The Balaban J connectivity index is 1.91. The Morgan fingerprint density at radius 1 is 1.36 bits per heavy atom. The van der Waals surface area contributed by atoms with Crippen molar-refractivity contribution in [3.63, 3.8) is 0 Å². The van der Waals surface area contributed by atoms with Crippen LogP contribution in [0.3, 0.4) is 0 Å². The van der Waals surface area contributed by atoms with Crippen LogP contribution in [0.4, 0.5) is 10.5 Å². The molecule has 0 bridgehead atoms. The van der Waals surface area contributed by atoms with Crippen molar-refractivity contribution in [3.05, 3.63) is 23.8 Å². The van der Waals surface area contributed by atoms with Crippen molar-refractivity contribution in [2.45, 2.75) is 72.0 Å². The summed E-state index contributed by atoms with van der Waals surface area (Å²) in [6.45, 7) is 8.29. The molecule has 0 heterocycles. The van der Waals surface area contributed by atoms with E-state index in [-0.39, 0.29) is 17.6 Å². The maximum atomic E-state index is 12.2. The molecule has 1 atom stereocenters. The van der Waals surface area contributed by atoms with Crippen LogP contribution in [0.5, 0.6) is 5.75 Å². The van der Waals surface area contributed by atoms with Gasteiger partial charge in [0.25, 0.3) is 0 Å². The van der Waals surface area contributed by atoms with Gasteiger partial charge in [0.1, 0.15) is 5.75 Å². The van der Waals surface area contributed by atoms with E-state index in [1.165, 1.54) is 12.8 Å². The molecule has 140 valence electrons. The lowest BCUT2D eigenvalue weighted by Gasteiger charge is -2.26. The number of anilines is 1. The van der Waals surface area contributed by atoms with Gasteiger partial charge in [-0.15, -0.1) is 0 Å². The minimum Gasteiger partial charge on any atom is -0.490 e. The van der Waals surface area contributed by atoms with Gasteiger partial charge in [-0.25, -0.2) is 4.79 Å². The van der Waals surface area contributed by atoms with Crippen LogP contribution in [-0.4, -0.2) is 29.9 Å². The molecule has 1 unspecified atom stereocenters. The second-order valence-electron chi connectivity index (χ2n) is 7.98. The number of nitrogens with one attached hydrogen (secondary N) is 2. The first-order chi connectivity index (χ1) is 11.8. The molecule has 0 aromatic heterocycles. The summed E-state index contributed by atoms with van der Waals surface area (Å²) in [6.07, 6.45) is 5.22. The number of hydrogen-bond donors (Lipinski definition) is 3. The number of benzene rings is 1. The summed E-state index contributed by atoms with van der Waals surface area (Å²) in [5.74, 6) is 0.846. The Morgan fingerprint density at radius 3 is 2.68 bits per heavy atom. The highest BCUT2D eigenvalue weighted by Crippen LogP contribution is 2.30. The lowest BCUT2D eigenvalue weighted by atomic mass is 9.87. The van der Waals surface area contributed by atoms with Gasteiger partial charge < -0.3 is 20.5 Å². The highest BCUT2D eigenvalue weighted by molar-refractivity contribution is 5.90. The fraction of sp³-hybridized carbons (Fsp3) is 0.650. The lowest BCUT2D eigenvalue weighted by Crippen LogP contribution is -2.38. The largest absolute Gasteiger partial charge is 0.490 e. The minimum absolute atomic E-state index is 0.159. The zero-order valence-corrected chi connectivity index (χ0v) is 15.9. The highest BCUT2D eigenvalue weighted by atomic mass is 16.5. The van der Waals surface area contributed by atoms with Crippen molar-refractivity contribution in [1.29, 1.82) is 0 Å². The second kappa shape index (κ2) is 8.56. The zero-order chi connectivity index (χ0) is 18.4. The molecule has 5 nitrogen and oxygen atoms in total. The summed E-state index contributed by atoms with van der Waals surface area (Å²) in [7, 11) is 0. The minimum atomic E-state index is -0.383. The van der Waals surface area contributed by atoms with Crippen LogP contribution >= 0.6 is 0 Å². The normalized spacial score (nSPS) is 16.5. The van der Waals surface area contributed by atoms with Gasteiger partial charge in [-0.1, -0.05) is 19.9 Å². The summed E-state index contributed by atoms with van der Waals surface area (Å²) in [5, 5.41) is 15.3. The molecule has 2 rings (SSSR count). The number of aliphatic hydroxyl groups excluding tert-OH is 1. The molecule has 5 heteroatoms. The third-order valence-corrected chi connectivity index (χ3v) is 4.70. The van der Waals surface area contributed by atoms with Crippen molar-refractivity contribution >= 4 is 11.7 Å². The first-order valence-corrected chi connectivity index (χ1v) is 9.26. The average Bonchev–Trinajstić information content (AvgIpc) is 3.01. The van der Waals surface area contributed by atoms with Crippen LogP contribution in [0, 0.1) is 12.3 Å². The van der Waals surface area contributed by atoms with E-state index < -0.39 is 0 Å². The summed E-state index contributed by atoms with van der Waals surface area (Å²) in [6, 6.07) is 5.52. The molecule has 0 radical (unpaired) electrons. The van der Waals surface area contributed by atoms with E-state index in [1.807, 2.05) is 39.0 Å². The third-order valence-electron chi connectivity index (χ3n) is 4.70. The van der Waals surface area contributed by atoms with E-state index in [2.05, 4.69) is 10.6 Å². The molecule has 1 fully saturated rings. The SMILES string of the molecule is Cc1c(NC(=O)NCC(C)(C)CC(C)O)cccc1OC1CCCC1. The standard InChI is InChI=1S/C20H32N2O3/c1-14(23)12-20(3,4)13-21-19(24)22-17-10-7-11-18(15(17)2)25-16-8-5-6-9-16/h7,10-11,14,16,23H,5-6,8-9,12-13H2,1-4H3,(H2,21,22,24). The second-order valence-corrected chi connectivity index (χ2v) is 7.98. The van der Waals surface area contributed by atoms with Crippen molar-refractivity contribution in [1.82, 2.24) is 5.32 Å². The molecule has 0 aliphatic heterocycles. The van der Waals surface area contributed by atoms with E-state index in [0.29, 0.717) is 19.1 Å². The third kappa shape index (κ3) is 6.24. The van der Waals surface area contributed by atoms with Gasteiger partial charge in [-0.05, 0) is 63.5 Å². The van der Waals surface area contributed by atoms with Gasteiger partial charge >= 0.3 is 6.03 Å². The van der Waals surface area contributed by atoms with Crippen molar-refractivity contribution in [2.75, 3.05) is 11.9 Å². The topological polar surface area (TPSA) is 70.6 Å². The molecular formula is C20H32N2O3. The van der Waals surface area contributed by atoms with E-state index in [4.69, 9.17) is 4.74 Å². The van der Waals surface area contributed by atoms with Gasteiger partial charge in [0.2, 0.25) is 0 Å². The number of amides is 2. The summed E-state index contributed by atoms with van der Waals surface area (Å²) >= 11 is 0. The van der Waals surface area contributed by atoms with Crippen LogP contribution in [-0.2, 0) is 0 Å². The molecule has 2 amide bonds. The van der Waals surface area contributed by atoms with Crippen LogP contribution in [0.15, 0.2) is 18.2 Å². The smallest absolute Gasteiger partial charge is 0.319 e. The fourth-order valence-corrected chi connectivity index (χ4v) is 3.42. The van der Waals surface area contributed by atoms with Crippen molar-refractivity contribution in [2.24, 2.45) is 5.41 Å². The summed E-state index contributed by atoms with van der Waals surface area (Å²) in [5.41, 5.74) is 1.56. The zero-order valence-electron chi connectivity index (χ0n) is 15.9. The first-order valence-electron chi connectivity index (χ1n) is 9.26. The highest BCUT2D eigenvalue weighted by Gasteiger charge is 2.22. The quantitative estimate of drug-likeness (QED) is 0.690. The monoisotopic (exact) mass is 348 g/mol. The van der Waals surface area contributed by atoms with Gasteiger partial charge in [0.15, 0.2) is 0 Å².